The number of fused-ring (bicyclic) bond motifs is 1. The van der Waals surface area contributed by atoms with Gasteiger partial charge in [-0.2, -0.15) is 0 Å². The van der Waals surface area contributed by atoms with Crippen molar-refractivity contribution < 1.29 is 22.7 Å². The van der Waals surface area contributed by atoms with E-state index in [0.717, 1.165) is 5.56 Å². The Hall–Kier alpha value is -2.58. The summed E-state index contributed by atoms with van der Waals surface area (Å²) in [6.07, 6.45) is -0.614. The third-order valence-corrected chi connectivity index (χ3v) is 5.06. The Morgan fingerprint density at radius 3 is 2.80 bits per heavy atom. The molecule has 1 unspecified atom stereocenters. The van der Waals surface area contributed by atoms with Gasteiger partial charge in [0.15, 0.2) is 6.10 Å². The van der Waals surface area contributed by atoms with Gasteiger partial charge in [0.05, 0.1) is 17.2 Å². The lowest BCUT2D eigenvalue weighted by Crippen LogP contribution is -2.34. The number of anilines is 2. The van der Waals surface area contributed by atoms with E-state index >= 15 is 0 Å². The van der Waals surface area contributed by atoms with Crippen molar-refractivity contribution in [3.63, 3.8) is 0 Å². The first-order valence-electron chi connectivity index (χ1n) is 7.61. The molecule has 0 spiro atoms. The molecule has 2 aromatic rings. The van der Waals surface area contributed by atoms with Crippen LogP contribution in [0.2, 0.25) is 0 Å². The quantitative estimate of drug-likeness (QED) is 0.852. The molecule has 8 heteroatoms. The van der Waals surface area contributed by atoms with Gasteiger partial charge in [0.1, 0.15) is 5.75 Å². The summed E-state index contributed by atoms with van der Waals surface area (Å²) in [6.45, 7) is 2.01. The zero-order chi connectivity index (χ0) is 18.0. The highest BCUT2D eigenvalue weighted by Crippen LogP contribution is 2.32. The maximum absolute atomic E-state index is 12.6. The van der Waals surface area contributed by atoms with Crippen LogP contribution >= 0.6 is 0 Å². The van der Waals surface area contributed by atoms with Crippen LogP contribution in [0.15, 0.2) is 47.4 Å². The van der Waals surface area contributed by atoms with Gasteiger partial charge < -0.3 is 14.8 Å². The Kier molecular flexibility index (Phi) is 4.65. The van der Waals surface area contributed by atoms with Crippen molar-refractivity contribution in [2.75, 3.05) is 17.1 Å². The van der Waals surface area contributed by atoms with Crippen LogP contribution in [0.1, 0.15) is 12.5 Å². The van der Waals surface area contributed by atoms with Gasteiger partial charge in [-0.05, 0) is 42.8 Å². The van der Waals surface area contributed by atoms with Gasteiger partial charge in [-0.25, -0.2) is 8.42 Å². The maximum atomic E-state index is 12.6. The van der Waals surface area contributed by atoms with Crippen molar-refractivity contribution in [3.8, 4) is 5.75 Å². The van der Waals surface area contributed by atoms with Crippen LogP contribution in [0.3, 0.4) is 0 Å². The van der Waals surface area contributed by atoms with Gasteiger partial charge in [0.2, 0.25) is 0 Å². The third kappa shape index (κ3) is 3.75. The first kappa shape index (κ1) is 17.2. The fraction of sp³-hybridized carbons (Fsp3) is 0.235. The molecule has 3 rings (SSSR count). The SMILES string of the molecule is COCc1cccc(NS(=O)(=O)c2ccc3c(c2)NC(=O)C(C)O3)c1. The number of nitrogens with one attached hydrogen (secondary N) is 2. The summed E-state index contributed by atoms with van der Waals surface area (Å²) < 4.78 is 38.2. The maximum Gasteiger partial charge on any atom is 0.265 e. The number of ether oxygens (including phenoxy) is 2. The smallest absolute Gasteiger partial charge is 0.265 e. The van der Waals surface area contributed by atoms with Crippen LogP contribution < -0.4 is 14.8 Å². The average Bonchev–Trinajstić information content (AvgIpc) is 2.56. The van der Waals surface area contributed by atoms with E-state index in [4.69, 9.17) is 9.47 Å². The van der Waals surface area contributed by atoms with E-state index in [0.29, 0.717) is 23.7 Å². The molecule has 2 N–H and O–H groups in total. The fourth-order valence-electron chi connectivity index (χ4n) is 2.46. The molecule has 1 aliphatic heterocycles. The van der Waals surface area contributed by atoms with E-state index in [1.165, 1.54) is 18.2 Å². The number of carbonyl (C=O) groups excluding carboxylic acids is 1. The zero-order valence-electron chi connectivity index (χ0n) is 13.8. The van der Waals surface area contributed by atoms with E-state index in [9.17, 15) is 13.2 Å². The molecular formula is C17H18N2O5S. The summed E-state index contributed by atoms with van der Waals surface area (Å²) in [5, 5.41) is 2.64. The molecule has 0 fully saturated rings. The molecule has 7 nitrogen and oxygen atoms in total. The van der Waals surface area contributed by atoms with Gasteiger partial charge in [0.25, 0.3) is 15.9 Å². The van der Waals surface area contributed by atoms with E-state index in [-0.39, 0.29) is 10.8 Å². The monoisotopic (exact) mass is 362 g/mol. The normalized spacial score (nSPS) is 16.6. The van der Waals surface area contributed by atoms with Crippen molar-refractivity contribution in [3.05, 3.63) is 48.0 Å². The second-order valence-electron chi connectivity index (χ2n) is 5.65. The van der Waals surface area contributed by atoms with Crippen molar-refractivity contribution in [2.45, 2.75) is 24.5 Å². The molecule has 1 aliphatic rings. The van der Waals surface area contributed by atoms with E-state index in [1.54, 1.807) is 32.2 Å². The Morgan fingerprint density at radius 2 is 2.04 bits per heavy atom. The Bertz CT molecular complexity index is 911. The third-order valence-electron chi connectivity index (χ3n) is 3.68. The number of benzene rings is 2. The topological polar surface area (TPSA) is 93.7 Å². The highest BCUT2D eigenvalue weighted by atomic mass is 32.2. The molecule has 0 aliphatic carbocycles. The Morgan fingerprint density at radius 1 is 1.24 bits per heavy atom. The summed E-state index contributed by atoms with van der Waals surface area (Å²) in [7, 11) is -2.24. The average molecular weight is 362 g/mol. The fourth-order valence-corrected chi connectivity index (χ4v) is 3.54. The van der Waals surface area contributed by atoms with Crippen LogP contribution in [0.5, 0.6) is 5.75 Å². The largest absolute Gasteiger partial charge is 0.479 e. The lowest BCUT2D eigenvalue weighted by atomic mass is 10.2. The standard InChI is InChI=1S/C17H18N2O5S/c1-11-17(20)18-15-9-14(6-7-16(15)24-11)25(21,22)19-13-5-3-4-12(8-13)10-23-2/h3-9,11,19H,10H2,1-2H3,(H,18,20). The summed E-state index contributed by atoms with van der Waals surface area (Å²) in [5.74, 6) is 0.121. The number of hydrogen-bond acceptors (Lipinski definition) is 5. The molecule has 0 saturated carbocycles. The number of sulfonamides is 1. The molecule has 0 bridgehead atoms. The first-order chi connectivity index (χ1) is 11.9. The number of carbonyl (C=O) groups is 1. The molecule has 0 aromatic heterocycles. The highest BCUT2D eigenvalue weighted by molar-refractivity contribution is 7.92. The molecule has 25 heavy (non-hydrogen) atoms. The minimum atomic E-state index is -3.81. The molecule has 132 valence electrons. The van der Waals surface area contributed by atoms with Crippen LogP contribution in [-0.4, -0.2) is 27.5 Å². The van der Waals surface area contributed by atoms with Crippen molar-refractivity contribution in [1.82, 2.24) is 0 Å². The number of methoxy groups -OCH3 is 1. The molecule has 0 radical (unpaired) electrons. The van der Waals surface area contributed by atoms with Gasteiger partial charge in [-0.3, -0.25) is 9.52 Å². The number of hydrogen-bond donors (Lipinski definition) is 2. The van der Waals surface area contributed by atoms with E-state index in [2.05, 4.69) is 10.0 Å². The lowest BCUT2D eigenvalue weighted by Gasteiger charge is -2.23. The molecule has 0 saturated heterocycles. The minimum Gasteiger partial charge on any atom is -0.479 e. The summed E-state index contributed by atoms with van der Waals surface area (Å²) in [5.41, 5.74) is 1.61. The van der Waals surface area contributed by atoms with E-state index in [1.807, 2.05) is 6.07 Å². The highest BCUT2D eigenvalue weighted by Gasteiger charge is 2.25. The molecule has 1 heterocycles. The first-order valence-corrected chi connectivity index (χ1v) is 9.09. The van der Waals surface area contributed by atoms with Gasteiger partial charge >= 0.3 is 0 Å². The lowest BCUT2D eigenvalue weighted by molar-refractivity contribution is -0.122. The second-order valence-corrected chi connectivity index (χ2v) is 7.33. The predicted molar refractivity (Wildman–Crippen MR) is 93.1 cm³/mol. The van der Waals surface area contributed by atoms with Crippen molar-refractivity contribution in [1.29, 1.82) is 0 Å². The molecular weight excluding hydrogens is 344 g/mol. The summed E-state index contributed by atoms with van der Waals surface area (Å²) in [6, 6.07) is 11.3. The second kappa shape index (κ2) is 6.73. The van der Waals surface area contributed by atoms with Crippen LogP contribution in [0.25, 0.3) is 0 Å². The summed E-state index contributed by atoms with van der Waals surface area (Å²) in [4.78, 5) is 11.7. The van der Waals surface area contributed by atoms with Crippen LogP contribution in [-0.2, 0) is 26.2 Å². The van der Waals surface area contributed by atoms with Crippen molar-refractivity contribution in [2.24, 2.45) is 0 Å². The molecule has 1 amide bonds. The Balaban J connectivity index is 1.87. The molecule has 2 aromatic carbocycles. The van der Waals surface area contributed by atoms with Crippen LogP contribution in [0.4, 0.5) is 11.4 Å². The van der Waals surface area contributed by atoms with Gasteiger partial charge in [0, 0.05) is 12.8 Å². The zero-order valence-corrected chi connectivity index (χ0v) is 14.6. The van der Waals surface area contributed by atoms with Crippen molar-refractivity contribution >= 4 is 27.3 Å². The Labute approximate surface area is 146 Å². The summed E-state index contributed by atoms with van der Waals surface area (Å²) >= 11 is 0. The van der Waals surface area contributed by atoms with Gasteiger partial charge in [-0.1, -0.05) is 12.1 Å². The van der Waals surface area contributed by atoms with E-state index < -0.39 is 16.1 Å². The van der Waals surface area contributed by atoms with Gasteiger partial charge in [-0.15, -0.1) is 0 Å². The van der Waals surface area contributed by atoms with Crippen LogP contribution in [0, 0.1) is 0 Å². The minimum absolute atomic E-state index is 0.0295. The molecule has 1 atom stereocenters. The number of amides is 1. The number of rotatable bonds is 5. The predicted octanol–water partition coefficient (Wildman–Crippen LogP) is 2.35.